The first-order valence-corrected chi connectivity index (χ1v) is 8.32. The normalized spacial score (nSPS) is 10.5. The third-order valence-electron chi connectivity index (χ3n) is 3.14. The maximum absolute atomic E-state index is 12.1. The molecule has 2 heterocycles. The molecule has 0 aliphatic carbocycles. The molecule has 3 nitrogen and oxygen atoms in total. The van der Waals surface area contributed by atoms with Gasteiger partial charge in [-0.2, -0.15) is 0 Å². The summed E-state index contributed by atoms with van der Waals surface area (Å²) in [5.41, 5.74) is 3.09. The highest BCUT2D eigenvalue weighted by molar-refractivity contribution is 7.16. The summed E-state index contributed by atoms with van der Waals surface area (Å²) in [7, 11) is 0. The van der Waals surface area contributed by atoms with Gasteiger partial charge in [0.25, 0.3) is 0 Å². The fourth-order valence-corrected chi connectivity index (χ4v) is 3.50. The first-order valence-electron chi connectivity index (χ1n) is 6.56. The van der Waals surface area contributed by atoms with Crippen LogP contribution in [0.4, 0.5) is 5.13 Å². The van der Waals surface area contributed by atoms with Crippen molar-refractivity contribution in [3.8, 4) is 10.6 Å². The van der Waals surface area contributed by atoms with Gasteiger partial charge in [0.2, 0.25) is 5.91 Å². The number of hydrogen-bond acceptors (Lipinski definition) is 4. The van der Waals surface area contributed by atoms with Crippen LogP contribution in [0.5, 0.6) is 0 Å². The van der Waals surface area contributed by atoms with E-state index in [2.05, 4.69) is 10.3 Å². The van der Waals surface area contributed by atoms with Crippen LogP contribution in [0.3, 0.4) is 0 Å². The number of nitrogens with zero attached hydrogens (tertiary/aromatic N) is 1. The predicted octanol–water partition coefficient (Wildman–Crippen LogP) is 4.36. The van der Waals surface area contributed by atoms with Gasteiger partial charge in [-0.1, -0.05) is 30.3 Å². The van der Waals surface area contributed by atoms with Gasteiger partial charge in [-0.05, 0) is 29.5 Å². The highest BCUT2D eigenvalue weighted by atomic mass is 32.1. The van der Waals surface area contributed by atoms with Crippen LogP contribution in [0, 0.1) is 6.92 Å². The van der Waals surface area contributed by atoms with E-state index < -0.39 is 0 Å². The Morgan fingerprint density at radius 1 is 1.19 bits per heavy atom. The zero-order valence-corrected chi connectivity index (χ0v) is 13.1. The Labute approximate surface area is 131 Å². The number of hydrogen-bond donors (Lipinski definition) is 1. The van der Waals surface area contributed by atoms with Crippen LogP contribution in [-0.4, -0.2) is 10.9 Å². The number of thiazole rings is 1. The standard InChI is InChI=1S/C16H14N2OS2/c1-11-5-2-3-6-12(11)9-15(19)18-16-17-13(10-21-16)14-7-4-8-20-14/h2-8,10H,9H2,1H3,(H,17,18,19). The van der Waals surface area contributed by atoms with Gasteiger partial charge < -0.3 is 5.32 Å². The molecule has 0 radical (unpaired) electrons. The molecule has 0 saturated carbocycles. The average Bonchev–Trinajstić information content (AvgIpc) is 3.12. The lowest BCUT2D eigenvalue weighted by Crippen LogP contribution is -2.14. The molecule has 0 spiro atoms. The quantitative estimate of drug-likeness (QED) is 0.777. The zero-order chi connectivity index (χ0) is 14.7. The monoisotopic (exact) mass is 314 g/mol. The lowest BCUT2D eigenvalue weighted by atomic mass is 10.1. The van der Waals surface area contributed by atoms with Crippen molar-refractivity contribution < 1.29 is 4.79 Å². The Morgan fingerprint density at radius 3 is 2.81 bits per heavy atom. The molecule has 0 atom stereocenters. The van der Waals surface area contributed by atoms with Crippen molar-refractivity contribution in [3.05, 3.63) is 58.3 Å². The number of anilines is 1. The van der Waals surface area contributed by atoms with E-state index in [1.165, 1.54) is 11.3 Å². The third-order valence-corrected chi connectivity index (χ3v) is 4.79. The number of nitrogens with one attached hydrogen (secondary N) is 1. The lowest BCUT2D eigenvalue weighted by molar-refractivity contribution is -0.115. The summed E-state index contributed by atoms with van der Waals surface area (Å²) in [6.07, 6.45) is 0.376. The van der Waals surface area contributed by atoms with Gasteiger partial charge in [-0.3, -0.25) is 4.79 Å². The molecule has 0 aliphatic heterocycles. The number of amides is 1. The van der Waals surface area contributed by atoms with Crippen molar-refractivity contribution in [2.45, 2.75) is 13.3 Å². The van der Waals surface area contributed by atoms with Crippen LogP contribution in [-0.2, 0) is 11.2 Å². The largest absolute Gasteiger partial charge is 0.302 e. The van der Waals surface area contributed by atoms with Crippen molar-refractivity contribution in [3.63, 3.8) is 0 Å². The van der Waals surface area contributed by atoms with Gasteiger partial charge in [0, 0.05) is 5.38 Å². The van der Waals surface area contributed by atoms with Crippen molar-refractivity contribution in [2.24, 2.45) is 0 Å². The minimum atomic E-state index is -0.0311. The molecule has 2 aromatic heterocycles. The van der Waals surface area contributed by atoms with Gasteiger partial charge in [0.15, 0.2) is 5.13 Å². The van der Waals surface area contributed by atoms with E-state index in [0.717, 1.165) is 21.7 Å². The molecular formula is C16H14N2OS2. The number of aromatic nitrogens is 1. The molecule has 21 heavy (non-hydrogen) atoms. The molecule has 1 N–H and O–H groups in total. The number of carbonyl (C=O) groups is 1. The van der Waals surface area contributed by atoms with E-state index >= 15 is 0 Å². The van der Waals surface area contributed by atoms with E-state index in [9.17, 15) is 4.79 Å². The molecule has 0 unspecified atom stereocenters. The summed E-state index contributed by atoms with van der Waals surface area (Å²) >= 11 is 3.10. The number of carbonyl (C=O) groups excluding carboxylic acids is 1. The van der Waals surface area contributed by atoms with Gasteiger partial charge >= 0.3 is 0 Å². The van der Waals surface area contributed by atoms with Crippen LogP contribution in [0.25, 0.3) is 10.6 Å². The Bertz CT molecular complexity index is 747. The Hall–Kier alpha value is -1.98. The third kappa shape index (κ3) is 3.37. The van der Waals surface area contributed by atoms with Crippen molar-refractivity contribution in [1.82, 2.24) is 4.98 Å². The fourth-order valence-electron chi connectivity index (χ4n) is 2.01. The number of thiophene rings is 1. The molecular weight excluding hydrogens is 300 g/mol. The van der Waals surface area contributed by atoms with Gasteiger partial charge in [-0.25, -0.2) is 4.98 Å². The molecule has 1 amide bonds. The van der Waals surface area contributed by atoms with E-state index in [4.69, 9.17) is 0 Å². The highest BCUT2D eigenvalue weighted by Gasteiger charge is 2.10. The van der Waals surface area contributed by atoms with Crippen LogP contribution < -0.4 is 5.32 Å². The van der Waals surface area contributed by atoms with Crippen LogP contribution in [0.2, 0.25) is 0 Å². The number of aryl methyl sites for hydroxylation is 1. The molecule has 3 rings (SSSR count). The Kier molecular flexibility index (Phi) is 4.13. The van der Waals surface area contributed by atoms with Gasteiger partial charge in [0.1, 0.15) is 0 Å². The first-order chi connectivity index (χ1) is 10.2. The molecule has 0 saturated heterocycles. The fraction of sp³-hybridized carbons (Fsp3) is 0.125. The van der Waals surface area contributed by atoms with Crippen molar-refractivity contribution >= 4 is 33.7 Å². The Balaban J connectivity index is 1.67. The molecule has 0 aliphatic rings. The minimum absolute atomic E-state index is 0.0311. The van der Waals surface area contributed by atoms with Crippen molar-refractivity contribution in [1.29, 1.82) is 0 Å². The number of benzene rings is 1. The van der Waals surface area contributed by atoms with Gasteiger partial charge in [0.05, 0.1) is 17.0 Å². The summed E-state index contributed by atoms with van der Waals surface area (Å²) in [4.78, 5) is 17.7. The molecule has 5 heteroatoms. The summed E-state index contributed by atoms with van der Waals surface area (Å²) in [5.74, 6) is -0.0311. The summed E-state index contributed by atoms with van der Waals surface area (Å²) in [6.45, 7) is 2.01. The number of rotatable bonds is 4. The maximum atomic E-state index is 12.1. The van der Waals surface area contributed by atoms with E-state index in [0.29, 0.717) is 11.6 Å². The zero-order valence-electron chi connectivity index (χ0n) is 11.5. The second-order valence-corrected chi connectivity index (χ2v) is 6.47. The molecule has 1 aromatic carbocycles. The van der Waals surface area contributed by atoms with Crippen LogP contribution in [0.15, 0.2) is 47.2 Å². The SMILES string of the molecule is Cc1ccccc1CC(=O)Nc1nc(-c2cccs2)cs1. The van der Waals surface area contributed by atoms with E-state index in [1.54, 1.807) is 11.3 Å². The smallest absolute Gasteiger partial charge is 0.230 e. The van der Waals surface area contributed by atoms with E-state index in [-0.39, 0.29) is 5.91 Å². The Morgan fingerprint density at radius 2 is 2.05 bits per heavy atom. The summed E-state index contributed by atoms with van der Waals surface area (Å²) in [5, 5.41) is 7.51. The first kappa shape index (κ1) is 14.0. The van der Waals surface area contributed by atoms with Gasteiger partial charge in [-0.15, -0.1) is 22.7 Å². The summed E-state index contributed by atoms with van der Waals surface area (Å²) < 4.78 is 0. The van der Waals surface area contributed by atoms with Crippen LogP contribution >= 0.6 is 22.7 Å². The lowest BCUT2D eigenvalue weighted by Gasteiger charge is -2.04. The summed E-state index contributed by atoms with van der Waals surface area (Å²) in [6, 6.07) is 11.9. The molecule has 106 valence electrons. The van der Waals surface area contributed by atoms with Crippen molar-refractivity contribution in [2.75, 3.05) is 5.32 Å². The minimum Gasteiger partial charge on any atom is -0.302 e. The van der Waals surface area contributed by atoms with E-state index in [1.807, 2.05) is 54.1 Å². The topological polar surface area (TPSA) is 42.0 Å². The average molecular weight is 314 g/mol. The molecule has 3 aromatic rings. The maximum Gasteiger partial charge on any atom is 0.230 e. The second-order valence-electron chi connectivity index (χ2n) is 4.67. The highest BCUT2D eigenvalue weighted by Crippen LogP contribution is 2.28. The van der Waals surface area contributed by atoms with Crippen LogP contribution in [0.1, 0.15) is 11.1 Å². The predicted molar refractivity (Wildman–Crippen MR) is 88.9 cm³/mol. The molecule has 0 bridgehead atoms. The second kappa shape index (κ2) is 6.20. The molecule has 0 fully saturated rings.